The van der Waals surface area contributed by atoms with Crippen LogP contribution in [-0.2, 0) is 17.6 Å². The number of aromatic nitrogens is 2. The first-order valence-corrected chi connectivity index (χ1v) is 10.8. The highest BCUT2D eigenvalue weighted by Crippen LogP contribution is 2.26. The molecule has 0 radical (unpaired) electrons. The number of pyridine rings is 1. The summed E-state index contributed by atoms with van der Waals surface area (Å²) in [4.78, 5) is 45.0. The Bertz CT molecular complexity index is 1280. The summed E-state index contributed by atoms with van der Waals surface area (Å²) in [5.74, 6) is -1.24. The van der Waals surface area contributed by atoms with Gasteiger partial charge >= 0.3 is 0 Å². The molecular weight excluding hydrogens is 416 g/mol. The van der Waals surface area contributed by atoms with Crippen LogP contribution in [0.15, 0.2) is 85.2 Å². The quantitative estimate of drug-likeness (QED) is 0.450. The molecule has 0 fully saturated rings. The van der Waals surface area contributed by atoms with Gasteiger partial charge in [-0.3, -0.25) is 19.3 Å². The smallest absolute Gasteiger partial charge is 0.262 e. The van der Waals surface area contributed by atoms with E-state index in [4.69, 9.17) is 0 Å². The molecule has 0 saturated heterocycles. The van der Waals surface area contributed by atoms with Crippen molar-refractivity contribution >= 4 is 23.4 Å². The summed E-state index contributed by atoms with van der Waals surface area (Å²) in [5, 5.41) is 2.91. The summed E-state index contributed by atoms with van der Waals surface area (Å²) in [5.41, 5.74) is 3.22. The van der Waals surface area contributed by atoms with Gasteiger partial charge in [0.25, 0.3) is 11.8 Å². The van der Waals surface area contributed by atoms with Crippen molar-refractivity contribution in [1.29, 1.82) is 0 Å². The van der Waals surface area contributed by atoms with Crippen molar-refractivity contribution in [2.24, 2.45) is 0 Å². The summed E-state index contributed by atoms with van der Waals surface area (Å²) in [7, 11) is 0. The minimum absolute atomic E-state index is 0.243. The molecule has 1 aliphatic heterocycles. The lowest BCUT2D eigenvalue weighted by Crippen LogP contribution is -2.51. The predicted octanol–water partition coefficient (Wildman–Crippen LogP) is 2.90. The summed E-state index contributed by atoms with van der Waals surface area (Å²) < 4.78 is 1.92. The van der Waals surface area contributed by atoms with E-state index in [2.05, 4.69) is 10.3 Å². The average molecular weight is 438 g/mol. The molecule has 0 saturated carbocycles. The molecule has 1 atom stereocenters. The molecule has 0 spiro atoms. The SMILES string of the molecule is O=C(NCCc1cn2ccccc2n1)[C@H](Cc1ccccc1)N1C(=O)c2ccccc2C1=O. The molecule has 1 aliphatic rings. The molecule has 164 valence electrons. The van der Waals surface area contributed by atoms with Crippen molar-refractivity contribution in [3.63, 3.8) is 0 Å². The minimum atomic E-state index is -0.944. The number of carbonyl (C=O) groups is 3. The van der Waals surface area contributed by atoms with Crippen LogP contribution < -0.4 is 5.32 Å². The number of amides is 3. The molecule has 3 amide bonds. The van der Waals surface area contributed by atoms with E-state index in [1.165, 1.54) is 0 Å². The molecule has 3 heterocycles. The minimum Gasteiger partial charge on any atom is -0.354 e. The lowest BCUT2D eigenvalue weighted by Gasteiger charge is -2.25. The lowest BCUT2D eigenvalue weighted by molar-refractivity contribution is -0.125. The number of nitrogens with zero attached hydrogens (tertiary/aromatic N) is 3. The Morgan fingerprint density at radius 2 is 1.55 bits per heavy atom. The number of imide groups is 1. The number of nitrogens with one attached hydrogen (secondary N) is 1. The van der Waals surface area contributed by atoms with Gasteiger partial charge in [-0.2, -0.15) is 0 Å². The molecule has 5 rings (SSSR count). The van der Waals surface area contributed by atoms with Crippen LogP contribution in [0.3, 0.4) is 0 Å². The van der Waals surface area contributed by atoms with E-state index >= 15 is 0 Å². The Labute approximate surface area is 190 Å². The zero-order chi connectivity index (χ0) is 22.8. The second-order valence-electron chi connectivity index (χ2n) is 7.97. The van der Waals surface area contributed by atoms with Crippen molar-refractivity contribution in [3.05, 3.63) is 108 Å². The van der Waals surface area contributed by atoms with E-state index in [9.17, 15) is 14.4 Å². The Morgan fingerprint density at radius 1 is 0.879 bits per heavy atom. The van der Waals surface area contributed by atoms with E-state index in [0.29, 0.717) is 24.1 Å². The summed E-state index contributed by atoms with van der Waals surface area (Å²) >= 11 is 0. The van der Waals surface area contributed by atoms with Gasteiger partial charge in [-0.05, 0) is 29.8 Å². The monoisotopic (exact) mass is 438 g/mol. The number of carbonyl (C=O) groups excluding carboxylic acids is 3. The molecule has 0 unspecified atom stereocenters. The largest absolute Gasteiger partial charge is 0.354 e. The molecular formula is C26H22N4O3. The normalized spacial score (nSPS) is 13.9. The molecule has 33 heavy (non-hydrogen) atoms. The van der Waals surface area contributed by atoms with Gasteiger partial charge in [0.05, 0.1) is 16.8 Å². The molecule has 7 heteroatoms. The van der Waals surface area contributed by atoms with Crippen LogP contribution in [0.1, 0.15) is 32.0 Å². The fourth-order valence-electron chi connectivity index (χ4n) is 4.17. The van der Waals surface area contributed by atoms with Gasteiger partial charge in [0, 0.05) is 31.8 Å². The van der Waals surface area contributed by atoms with Crippen LogP contribution in [0.5, 0.6) is 0 Å². The number of hydrogen-bond donors (Lipinski definition) is 1. The van der Waals surface area contributed by atoms with Gasteiger partial charge in [-0.15, -0.1) is 0 Å². The van der Waals surface area contributed by atoms with Crippen LogP contribution in [0.4, 0.5) is 0 Å². The highest BCUT2D eigenvalue weighted by Gasteiger charge is 2.42. The van der Waals surface area contributed by atoms with Crippen LogP contribution >= 0.6 is 0 Å². The third-order valence-electron chi connectivity index (χ3n) is 5.81. The Kier molecular flexibility index (Phi) is 5.44. The van der Waals surface area contributed by atoms with Gasteiger partial charge in [0.15, 0.2) is 0 Å². The van der Waals surface area contributed by atoms with E-state index in [0.717, 1.165) is 21.8 Å². The highest BCUT2D eigenvalue weighted by molar-refractivity contribution is 6.22. The molecule has 2 aromatic carbocycles. The first-order chi connectivity index (χ1) is 16.1. The molecule has 0 bridgehead atoms. The number of fused-ring (bicyclic) bond motifs is 2. The maximum atomic E-state index is 13.3. The van der Waals surface area contributed by atoms with Gasteiger partial charge < -0.3 is 9.72 Å². The van der Waals surface area contributed by atoms with E-state index in [-0.39, 0.29) is 12.3 Å². The predicted molar refractivity (Wildman–Crippen MR) is 123 cm³/mol. The Balaban J connectivity index is 1.34. The summed E-state index contributed by atoms with van der Waals surface area (Å²) in [6.45, 7) is 0.344. The van der Waals surface area contributed by atoms with Crippen molar-refractivity contribution in [1.82, 2.24) is 19.6 Å². The molecule has 2 aromatic heterocycles. The Hall–Kier alpha value is -4.26. The van der Waals surface area contributed by atoms with Crippen molar-refractivity contribution in [2.75, 3.05) is 6.54 Å². The third-order valence-corrected chi connectivity index (χ3v) is 5.81. The van der Waals surface area contributed by atoms with E-state index < -0.39 is 17.9 Å². The number of benzene rings is 2. The molecule has 1 N–H and O–H groups in total. The standard InChI is InChI=1S/C26H22N4O3/c31-24(27-14-13-19-17-29-15-7-6-12-23(29)28-19)22(16-18-8-2-1-3-9-18)30-25(32)20-10-4-5-11-21(20)26(30)33/h1-12,15,17,22H,13-14,16H2,(H,27,31)/t22-/m0/s1. The van der Waals surface area contributed by atoms with Gasteiger partial charge in [-0.25, -0.2) is 4.98 Å². The Morgan fingerprint density at radius 3 is 2.24 bits per heavy atom. The van der Waals surface area contributed by atoms with Crippen molar-refractivity contribution in [2.45, 2.75) is 18.9 Å². The average Bonchev–Trinajstić information content (AvgIpc) is 3.37. The van der Waals surface area contributed by atoms with Gasteiger partial charge in [0.1, 0.15) is 11.7 Å². The van der Waals surface area contributed by atoms with Crippen LogP contribution in [-0.4, -0.2) is 44.6 Å². The van der Waals surface area contributed by atoms with Crippen LogP contribution in [0.2, 0.25) is 0 Å². The second-order valence-corrected chi connectivity index (χ2v) is 7.97. The van der Waals surface area contributed by atoms with E-state index in [1.54, 1.807) is 24.3 Å². The first-order valence-electron chi connectivity index (χ1n) is 10.8. The van der Waals surface area contributed by atoms with Crippen molar-refractivity contribution in [3.8, 4) is 0 Å². The second kappa shape index (κ2) is 8.70. The number of imidazole rings is 1. The lowest BCUT2D eigenvalue weighted by atomic mass is 10.0. The third kappa shape index (κ3) is 4.01. The fourth-order valence-corrected chi connectivity index (χ4v) is 4.17. The zero-order valence-corrected chi connectivity index (χ0v) is 17.8. The maximum absolute atomic E-state index is 13.3. The van der Waals surface area contributed by atoms with Gasteiger partial charge in [0.2, 0.25) is 5.91 Å². The summed E-state index contributed by atoms with van der Waals surface area (Å²) in [6, 6.07) is 20.9. The molecule has 4 aromatic rings. The fraction of sp³-hybridized carbons (Fsp3) is 0.154. The zero-order valence-electron chi connectivity index (χ0n) is 17.8. The number of rotatable bonds is 7. The first kappa shape index (κ1) is 20.6. The van der Waals surface area contributed by atoms with Crippen LogP contribution in [0, 0.1) is 0 Å². The highest BCUT2D eigenvalue weighted by atomic mass is 16.2. The maximum Gasteiger partial charge on any atom is 0.262 e. The molecule has 0 aliphatic carbocycles. The molecule has 7 nitrogen and oxygen atoms in total. The topological polar surface area (TPSA) is 83.8 Å². The summed E-state index contributed by atoms with van der Waals surface area (Å²) in [6.07, 6.45) is 4.62. The van der Waals surface area contributed by atoms with Gasteiger partial charge in [-0.1, -0.05) is 48.5 Å². The van der Waals surface area contributed by atoms with Crippen LogP contribution in [0.25, 0.3) is 5.65 Å². The number of hydrogen-bond acceptors (Lipinski definition) is 4. The van der Waals surface area contributed by atoms with E-state index in [1.807, 2.05) is 65.3 Å². The van der Waals surface area contributed by atoms with Crippen molar-refractivity contribution < 1.29 is 14.4 Å².